The minimum Gasteiger partial charge on any atom is -0.489 e. The summed E-state index contributed by atoms with van der Waals surface area (Å²) in [5, 5.41) is 5.55. The minimum absolute atomic E-state index is 0.0945. The van der Waals surface area contributed by atoms with Crippen LogP contribution < -0.4 is 25.8 Å². The van der Waals surface area contributed by atoms with Gasteiger partial charge in [-0.25, -0.2) is 0 Å². The number of halogens is 1. The summed E-state index contributed by atoms with van der Waals surface area (Å²) in [6.45, 7) is 0.816. The Morgan fingerprint density at radius 3 is 2.52 bits per heavy atom. The van der Waals surface area contributed by atoms with E-state index in [2.05, 4.69) is 10.6 Å². The number of carbonyl (C=O) groups excluding carboxylic acids is 3. The van der Waals surface area contributed by atoms with Gasteiger partial charge in [-0.05, 0) is 42.0 Å². The highest BCUT2D eigenvalue weighted by Gasteiger charge is 2.17. The van der Waals surface area contributed by atoms with Crippen molar-refractivity contribution in [1.29, 1.82) is 0 Å². The lowest BCUT2D eigenvalue weighted by atomic mass is 10.1. The van der Waals surface area contributed by atoms with Gasteiger partial charge in [0.05, 0.1) is 31.2 Å². The standard InChI is InChI=1S/C20H20ClN3O5/c21-15-8-12(9-16-19(15)29-7-1-6-28-16)10-18(26)24-14-4-2-13(3-5-14)20(27)23-11-17(22)25/h2-5,8-9H,1,6-7,10-11H2,(H2,22,25)(H,23,27)(H,24,26). The van der Waals surface area contributed by atoms with Crippen LogP contribution in [0.5, 0.6) is 11.5 Å². The predicted octanol–water partition coefficient (Wildman–Crippen LogP) is 1.90. The van der Waals surface area contributed by atoms with Crippen molar-refractivity contribution in [2.24, 2.45) is 5.73 Å². The van der Waals surface area contributed by atoms with E-state index in [0.717, 1.165) is 6.42 Å². The van der Waals surface area contributed by atoms with Crippen LogP contribution in [0.3, 0.4) is 0 Å². The molecule has 1 aliphatic rings. The first-order chi connectivity index (χ1) is 13.9. The van der Waals surface area contributed by atoms with Crippen molar-refractivity contribution in [3.05, 3.63) is 52.5 Å². The van der Waals surface area contributed by atoms with Gasteiger partial charge in [0, 0.05) is 17.7 Å². The van der Waals surface area contributed by atoms with E-state index in [1.54, 1.807) is 24.3 Å². The molecule has 0 atom stereocenters. The Morgan fingerprint density at radius 2 is 1.79 bits per heavy atom. The highest BCUT2D eigenvalue weighted by molar-refractivity contribution is 6.32. The number of nitrogens with one attached hydrogen (secondary N) is 2. The number of fused-ring (bicyclic) bond motifs is 1. The van der Waals surface area contributed by atoms with Crippen molar-refractivity contribution in [3.8, 4) is 11.5 Å². The lowest BCUT2D eigenvalue weighted by Gasteiger charge is -2.12. The fourth-order valence-corrected chi connectivity index (χ4v) is 3.04. The van der Waals surface area contributed by atoms with Crippen LogP contribution in [0.2, 0.25) is 5.02 Å². The third-order valence-electron chi connectivity index (χ3n) is 4.08. The number of carbonyl (C=O) groups is 3. The van der Waals surface area contributed by atoms with Gasteiger partial charge < -0.3 is 25.8 Å². The molecule has 0 bridgehead atoms. The number of benzene rings is 2. The molecule has 0 aromatic heterocycles. The Labute approximate surface area is 172 Å². The molecule has 0 saturated carbocycles. The van der Waals surface area contributed by atoms with Crippen LogP contribution in [0.1, 0.15) is 22.3 Å². The molecule has 0 radical (unpaired) electrons. The molecule has 0 fully saturated rings. The maximum atomic E-state index is 12.4. The fourth-order valence-electron chi connectivity index (χ4n) is 2.75. The van der Waals surface area contributed by atoms with E-state index < -0.39 is 11.8 Å². The number of amides is 3. The summed E-state index contributed by atoms with van der Waals surface area (Å²) in [5.74, 6) is -0.273. The van der Waals surface area contributed by atoms with Crippen LogP contribution in [0.15, 0.2) is 36.4 Å². The van der Waals surface area contributed by atoms with Crippen LogP contribution >= 0.6 is 11.6 Å². The van der Waals surface area contributed by atoms with Gasteiger partial charge in [0.25, 0.3) is 5.91 Å². The average molecular weight is 418 g/mol. The summed E-state index contributed by atoms with van der Waals surface area (Å²) >= 11 is 6.25. The first-order valence-electron chi connectivity index (χ1n) is 8.97. The molecule has 1 aliphatic heterocycles. The topological polar surface area (TPSA) is 120 Å². The zero-order valence-electron chi connectivity index (χ0n) is 15.5. The number of hydrogen-bond acceptors (Lipinski definition) is 5. The van der Waals surface area contributed by atoms with Crippen molar-refractivity contribution >= 4 is 35.0 Å². The molecule has 152 valence electrons. The van der Waals surface area contributed by atoms with Crippen LogP contribution in [0.4, 0.5) is 5.69 Å². The molecule has 9 heteroatoms. The van der Waals surface area contributed by atoms with Gasteiger partial charge in [0.2, 0.25) is 11.8 Å². The third kappa shape index (κ3) is 5.61. The number of hydrogen-bond donors (Lipinski definition) is 3. The van der Waals surface area contributed by atoms with Gasteiger partial charge in [-0.15, -0.1) is 0 Å². The van der Waals surface area contributed by atoms with Gasteiger partial charge in [-0.1, -0.05) is 11.6 Å². The predicted molar refractivity (Wildman–Crippen MR) is 107 cm³/mol. The van der Waals surface area contributed by atoms with E-state index in [4.69, 9.17) is 26.8 Å². The first-order valence-corrected chi connectivity index (χ1v) is 9.34. The molecular formula is C20H20ClN3O5. The first kappa shape index (κ1) is 20.5. The number of nitrogens with two attached hydrogens (primary N) is 1. The summed E-state index contributed by atoms with van der Waals surface area (Å²) in [4.78, 5) is 34.9. The number of primary amides is 1. The smallest absolute Gasteiger partial charge is 0.251 e. The van der Waals surface area contributed by atoms with Gasteiger partial charge >= 0.3 is 0 Å². The van der Waals surface area contributed by atoms with E-state index in [1.807, 2.05) is 0 Å². The van der Waals surface area contributed by atoms with E-state index in [-0.39, 0.29) is 18.9 Å². The normalized spacial score (nSPS) is 12.6. The maximum absolute atomic E-state index is 12.4. The summed E-state index contributed by atoms with van der Waals surface area (Å²) in [5.41, 5.74) is 6.56. The van der Waals surface area contributed by atoms with Crippen molar-refractivity contribution in [2.75, 3.05) is 25.1 Å². The number of anilines is 1. The molecular weight excluding hydrogens is 398 g/mol. The molecule has 2 aromatic rings. The molecule has 0 aliphatic carbocycles. The summed E-state index contributed by atoms with van der Waals surface area (Å²) in [6.07, 6.45) is 0.856. The van der Waals surface area contributed by atoms with Crippen LogP contribution in [0.25, 0.3) is 0 Å². The Hall–Kier alpha value is -3.26. The Bertz CT molecular complexity index is 930. The molecule has 2 aromatic carbocycles. The van der Waals surface area contributed by atoms with E-state index in [0.29, 0.717) is 46.5 Å². The highest BCUT2D eigenvalue weighted by atomic mass is 35.5. The van der Waals surface area contributed by atoms with Crippen molar-refractivity contribution in [3.63, 3.8) is 0 Å². The monoisotopic (exact) mass is 417 g/mol. The van der Waals surface area contributed by atoms with Crippen molar-refractivity contribution < 1.29 is 23.9 Å². The van der Waals surface area contributed by atoms with Crippen molar-refractivity contribution in [1.82, 2.24) is 5.32 Å². The van der Waals surface area contributed by atoms with Gasteiger partial charge in [-0.2, -0.15) is 0 Å². The third-order valence-corrected chi connectivity index (χ3v) is 4.36. The molecule has 0 spiro atoms. The molecule has 1 heterocycles. The average Bonchev–Trinajstić information content (AvgIpc) is 2.92. The molecule has 4 N–H and O–H groups in total. The Balaban J connectivity index is 1.61. The fraction of sp³-hybridized carbons (Fsp3) is 0.250. The molecule has 8 nitrogen and oxygen atoms in total. The minimum atomic E-state index is -0.628. The van der Waals surface area contributed by atoms with Gasteiger partial charge in [0.15, 0.2) is 11.5 Å². The van der Waals surface area contributed by atoms with Gasteiger partial charge in [-0.3, -0.25) is 14.4 Å². The lowest BCUT2D eigenvalue weighted by molar-refractivity contribution is -0.117. The highest BCUT2D eigenvalue weighted by Crippen LogP contribution is 2.38. The molecule has 3 rings (SSSR count). The number of ether oxygens (including phenoxy) is 2. The van der Waals surface area contributed by atoms with E-state index in [9.17, 15) is 14.4 Å². The van der Waals surface area contributed by atoms with Crippen molar-refractivity contribution in [2.45, 2.75) is 12.8 Å². The SMILES string of the molecule is NC(=O)CNC(=O)c1ccc(NC(=O)Cc2cc(Cl)c3c(c2)OCCCO3)cc1. The number of rotatable bonds is 6. The molecule has 29 heavy (non-hydrogen) atoms. The quantitative estimate of drug-likeness (QED) is 0.663. The van der Waals surface area contributed by atoms with Crippen LogP contribution in [0, 0.1) is 0 Å². The molecule has 0 saturated heterocycles. The lowest BCUT2D eigenvalue weighted by Crippen LogP contribution is -2.33. The largest absolute Gasteiger partial charge is 0.489 e. The van der Waals surface area contributed by atoms with Crippen LogP contribution in [-0.4, -0.2) is 37.5 Å². The zero-order chi connectivity index (χ0) is 20.8. The molecule has 3 amide bonds. The van der Waals surface area contributed by atoms with E-state index in [1.165, 1.54) is 12.1 Å². The second-order valence-corrected chi connectivity index (χ2v) is 6.81. The second kappa shape index (κ2) is 9.29. The van der Waals surface area contributed by atoms with Crippen LogP contribution in [-0.2, 0) is 16.0 Å². The Morgan fingerprint density at radius 1 is 1.07 bits per heavy atom. The summed E-state index contributed by atoms with van der Waals surface area (Å²) in [7, 11) is 0. The second-order valence-electron chi connectivity index (χ2n) is 6.41. The molecule has 0 unspecified atom stereocenters. The van der Waals surface area contributed by atoms with Gasteiger partial charge in [0.1, 0.15) is 0 Å². The zero-order valence-corrected chi connectivity index (χ0v) is 16.3. The summed E-state index contributed by atoms with van der Waals surface area (Å²) < 4.78 is 11.2. The Kier molecular flexibility index (Phi) is 6.56. The van der Waals surface area contributed by atoms with E-state index >= 15 is 0 Å². The maximum Gasteiger partial charge on any atom is 0.251 e. The summed E-state index contributed by atoms with van der Waals surface area (Å²) in [6, 6.07) is 9.70.